The van der Waals surface area contributed by atoms with E-state index in [4.69, 9.17) is 9.47 Å². The summed E-state index contributed by atoms with van der Waals surface area (Å²) < 4.78 is 23.5. The first kappa shape index (κ1) is 17.5. The third kappa shape index (κ3) is 4.38. The number of hydrogen-bond donors (Lipinski definition) is 2. The molecule has 6 nitrogen and oxygen atoms in total. The first-order valence-electron chi connectivity index (χ1n) is 7.97. The van der Waals surface area contributed by atoms with Crippen molar-refractivity contribution >= 4 is 17.3 Å². The second-order valence-electron chi connectivity index (χ2n) is 5.46. The number of aromatic nitrogens is 2. The summed E-state index contributed by atoms with van der Waals surface area (Å²) in [4.78, 5) is 8.38. The van der Waals surface area contributed by atoms with Crippen molar-refractivity contribution in [2.24, 2.45) is 0 Å². The van der Waals surface area contributed by atoms with Crippen LogP contribution in [0, 0.1) is 5.82 Å². The molecule has 0 unspecified atom stereocenters. The Kier molecular flexibility index (Phi) is 5.48. The van der Waals surface area contributed by atoms with E-state index in [0.717, 1.165) is 11.3 Å². The number of halogens is 1. The van der Waals surface area contributed by atoms with Crippen LogP contribution in [0.1, 0.15) is 5.56 Å². The van der Waals surface area contributed by atoms with Crippen molar-refractivity contribution in [1.29, 1.82) is 0 Å². The van der Waals surface area contributed by atoms with E-state index >= 15 is 0 Å². The molecule has 0 aliphatic heterocycles. The highest BCUT2D eigenvalue weighted by atomic mass is 19.1. The van der Waals surface area contributed by atoms with Gasteiger partial charge in [0.1, 0.15) is 23.8 Å². The van der Waals surface area contributed by atoms with Crippen LogP contribution in [-0.4, -0.2) is 24.2 Å². The number of benzene rings is 2. The highest BCUT2D eigenvalue weighted by Crippen LogP contribution is 2.27. The predicted octanol–water partition coefficient (Wildman–Crippen LogP) is 3.99. The Bertz CT molecular complexity index is 872. The second-order valence-corrected chi connectivity index (χ2v) is 5.46. The number of rotatable bonds is 7. The zero-order chi connectivity index (χ0) is 18.4. The van der Waals surface area contributed by atoms with Crippen molar-refractivity contribution in [2.75, 3.05) is 24.9 Å². The van der Waals surface area contributed by atoms with E-state index in [2.05, 4.69) is 20.6 Å². The molecule has 0 radical (unpaired) electrons. The third-order valence-electron chi connectivity index (χ3n) is 3.71. The zero-order valence-electron chi connectivity index (χ0n) is 14.5. The molecule has 3 aromatic rings. The van der Waals surface area contributed by atoms with Crippen molar-refractivity contribution in [3.8, 4) is 11.5 Å². The lowest BCUT2D eigenvalue weighted by Crippen LogP contribution is -2.03. The first-order valence-corrected chi connectivity index (χ1v) is 7.97. The molecule has 0 spiro atoms. The second kappa shape index (κ2) is 8.15. The fraction of sp³-hybridized carbons (Fsp3) is 0.158. The molecule has 26 heavy (non-hydrogen) atoms. The maximum absolute atomic E-state index is 13.0. The minimum absolute atomic E-state index is 0.282. The van der Waals surface area contributed by atoms with Gasteiger partial charge in [-0.2, -0.15) is 0 Å². The van der Waals surface area contributed by atoms with Gasteiger partial charge in [-0.15, -0.1) is 0 Å². The van der Waals surface area contributed by atoms with Crippen molar-refractivity contribution in [3.63, 3.8) is 0 Å². The Labute approximate surface area is 151 Å². The van der Waals surface area contributed by atoms with Gasteiger partial charge in [-0.1, -0.05) is 6.07 Å². The topological polar surface area (TPSA) is 68.3 Å². The Balaban J connectivity index is 1.66. The van der Waals surface area contributed by atoms with Gasteiger partial charge in [-0.3, -0.25) is 0 Å². The van der Waals surface area contributed by atoms with E-state index in [1.165, 1.54) is 18.5 Å². The van der Waals surface area contributed by atoms with Gasteiger partial charge < -0.3 is 20.1 Å². The average Bonchev–Trinajstić information content (AvgIpc) is 2.68. The molecule has 0 fully saturated rings. The monoisotopic (exact) mass is 354 g/mol. The summed E-state index contributed by atoms with van der Waals surface area (Å²) in [5, 5.41) is 6.35. The number of nitrogens with one attached hydrogen (secondary N) is 2. The van der Waals surface area contributed by atoms with E-state index < -0.39 is 0 Å². The van der Waals surface area contributed by atoms with Crippen LogP contribution < -0.4 is 20.1 Å². The molecular formula is C19H19FN4O2. The van der Waals surface area contributed by atoms with E-state index in [0.29, 0.717) is 29.7 Å². The van der Waals surface area contributed by atoms with Crippen molar-refractivity contribution in [3.05, 3.63) is 66.2 Å². The van der Waals surface area contributed by atoms with E-state index in [1.807, 2.05) is 18.2 Å². The molecule has 0 saturated carbocycles. The molecule has 2 aromatic carbocycles. The van der Waals surface area contributed by atoms with Gasteiger partial charge in [0.2, 0.25) is 0 Å². The van der Waals surface area contributed by atoms with Crippen LogP contribution in [0.5, 0.6) is 11.5 Å². The molecule has 0 atom stereocenters. The Morgan fingerprint density at radius 1 is 0.885 bits per heavy atom. The summed E-state index contributed by atoms with van der Waals surface area (Å²) in [7, 11) is 3.21. The Hall–Kier alpha value is -3.35. The van der Waals surface area contributed by atoms with E-state index in [1.54, 1.807) is 32.4 Å². The summed E-state index contributed by atoms with van der Waals surface area (Å²) in [5.74, 6) is 2.36. The molecule has 0 saturated heterocycles. The van der Waals surface area contributed by atoms with Gasteiger partial charge in [0.25, 0.3) is 0 Å². The van der Waals surface area contributed by atoms with Crippen LogP contribution in [0.3, 0.4) is 0 Å². The van der Waals surface area contributed by atoms with Gasteiger partial charge in [-0.25, -0.2) is 14.4 Å². The normalized spacial score (nSPS) is 10.3. The average molecular weight is 354 g/mol. The number of methoxy groups -OCH3 is 2. The molecule has 1 heterocycles. The highest BCUT2D eigenvalue weighted by molar-refractivity contribution is 5.58. The molecule has 2 N–H and O–H groups in total. The molecule has 0 aliphatic carbocycles. The maximum atomic E-state index is 13.0. The molecular weight excluding hydrogens is 335 g/mol. The molecule has 0 bridgehead atoms. The van der Waals surface area contributed by atoms with E-state index in [-0.39, 0.29) is 5.82 Å². The van der Waals surface area contributed by atoms with Crippen LogP contribution in [0.25, 0.3) is 0 Å². The Morgan fingerprint density at radius 3 is 2.35 bits per heavy atom. The highest BCUT2D eigenvalue weighted by Gasteiger charge is 2.05. The lowest BCUT2D eigenvalue weighted by molar-refractivity contribution is 0.354. The van der Waals surface area contributed by atoms with Crippen LogP contribution >= 0.6 is 0 Å². The van der Waals surface area contributed by atoms with Gasteiger partial charge in [0.15, 0.2) is 11.5 Å². The first-order chi connectivity index (χ1) is 12.7. The summed E-state index contributed by atoms with van der Waals surface area (Å²) in [6, 6.07) is 13.6. The van der Waals surface area contributed by atoms with Crippen molar-refractivity contribution in [1.82, 2.24) is 9.97 Å². The SMILES string of the molecule is COc1ccc(CNc2cc(Nc3ccc(F)cc3)ncn2)cc1OC. The lowest BCUT2D eigenvalue weighted by Gasteiger charge is -2.11. The molecule has 0 amide bonds. The van der Waals surface area contributed by atoms with Crippen LogP contribution in [0.4, 0.5) is 21.7 Å². The number of anilines is 3. The lowest BCUT2D eigenvalue weighted by atomic mass is 10.2. The fourth-order valence-corrected chi connectivity index (χ4v) is 2.39. The largest absolute Gasteiger partial charge is 0.493 e. The van der Waals surface area contributed by atoms with Crippen molar-refractivity contribution < 1.29 is 13.9 Å². The number of nitrogens with zero attached hydrogens (tertiary/aromatic N) is 2. The van der Waals surface area contributed by atoms with Gasteiger partial charge in [-0.05, 0) is 42.0 Å². The van der Waals surface area contributed by atoms with Crippen LogP contribution in [0.2, 0.25) is 0 Å². The van der Waals surface area contributed by atoms with E-state index in [9.17, 15) is 4.39 Å². The Morgan fingerprint density at radius 2 is 1.62 bits per heavy atom. The van der Waals surface area contributed by atoms with Gasteiger partial charge in [0, 0.05) is 18.3 Å². The minimum Gasteiger partial charge on any atom is -0.493 e. The summed E-state index contributed by atoms with van der Waals surface area (Å²) in [5.41, 5.74) is 1.77. The standard InChI is InChI=1S/C19H19FN4O2/c1-25-16-8-3-13(9-17(16)26-2)11-21-18-10-19(23-12-22-18)24-15-6-4-14(20)5-7-15/h3-10,12H,11H2,1-2H3,(H2,21,22,23,24). The predicted molar refractivity (Wildman–Crippen MR) is 98.6 cm³/mol. The van der Waals surface area contributed by atoms with Crippen molar-refractivity contribution in [2.45, 2.75) is 6.54 Å². The van der Waals surface area contributed by atoms with Gasteiger partial charge >= 0.3 is 0 Å². The molecule has 1 aromatic heterocycles. The molecule has 134 valence electrons. The zero-order valence-corrected chi connectivity index (χ0v) is 14.5. The minimum atomic E-state index is -0.282. The molecule has 7 heteroatoms. The van der Waals surface area contributed by atoms with Gasteiger partial charge in [0.05, 0.1) is 14.2 Å². The number of hydrogen-bond acceptors (Lipinski definition) is 6. The smallest absolute Gasteiger partial charge is 0.161 e. The summed E-state index contributed by atoms with van der Waals surface area (Å²) >= 11 is 0. The quantitative estimate of drug-likeness (QED) is 0.669. The third-order valence-corrected chi connectivity index (χ3v) is 3.71. The van der Waals surface area contributed by atoms with Crippen LogP contribution in [0.15, 0.2) is 54.9 Å². The van der Waals surface area contributed by atoms with Crippen LogP contribution in [-0.2, 0) is 6.54 Å². The fourth-order valence-electron chi connectivity index (χ4n) is 2.39. The molecule has 0 aliphatic rings. The number of ether oxygens (including phenoxy) is 2. The summed E-state index contributed by atoms with van der Waals surface area (Å²) in [6.45, 7) is 0.563. The maximum Gasteiger partial charge on any atom is 0.161 e. The summed E-state index contributed by atoms with van der Waals surface area (Å²) in [6.07, 6.45) is 1.46. The molecule has 3 rings (SSSR count).